The first kappa shape index (κ1) is 18.7. The first-order chi connectivity index (χ1) is 14.0. The Morgan fingerprint density at radius 2 is 1.55 bits per heavy atom. The summed E-state index contributed by atoms with van der Waals surface area (Å²) in [6.45, 7) is 3.87. The molecule has 0 aliphatic carbocycles. The summed E-state index contributed by atoms with van der Waals surface area (Å²) in [5.41, 5.74) is 3.33. The van der Waals surface area contributed by atoms with Crippen LogP contribution in [-0.4, -0.2) is 15.5 Å². The van der Waals surface area contributed by atoms with E-state index in [0.717, 1.165) is 11.3 Å². The molecule has 1 amide bonds. The Morgan fingerprint density at radius 1 is 0.966 bits per heavy atom. The average Bonchev–Trinajstić information content (AvgIpc) is 2.70. The van der Waals surface area contributed by atoms with E-state index in [1.165, 1.54) is 0 Å². The van der Waals surface area contributed by atoms with Crippen LogP contribution >= 0.6 is 0 Å². The minimum atomic E-state index is -0.233. The molecule has 2 N–H and O–H groups in total. The number of hydrogen-bond donors (Lipinski definition) is 2. The van der Waals surface area contributed by atoms with Gasteiger partial charge in [0.15, 0.2) is 5.43 Å². The Labute approximate surface area is 166 Å². The maximum atomic E-state index is 12.8. The number of amides is 1. The summed E-state index contributed by atoms with van der Waals surface area (Å²) in [5.74, 6) is -0.233. The minimum absolute atomic E-state index is 0.0458. The molecular weight excluding hydrogens is 366 g/mol. The number of benzene rings is 2. The topological polar surface area (TPSA) is 84.0 Å². The smallest absolute Gasteiger partial charge is 0.253 e. The van der Waals surface area contributed by atoms with Crippen LogP contribution in [-0.2, 0) is 17.9 Å². The Morgan fingerprint density at radius 3 is 2.14 bits per heavy atom. The van der Waals surface area contributed by atoms with Crippen LogP contribution in [0.1, 0.15) is 16.8 Å². The Bertz CT molecular complexity index is 1310. The molecule has 0 bridgehead atoms. The van der Waals surface area contributed by atoms with Crippen molar-refractivity contribution >= 4 is 27.7 Å². The molecule has 2 aromatic heterocycles. The molecular formula is C23H21N3O3. The van der Waals surface area contributed by atoms with Crippen molar-refractivity contribution in [2.45, 2.75) is 26.9 Å². The SMILES string of the molecule is Cc1cc(C)c(CNC(=O)Cn2c3ccccc3c(=O)c3ccccc32)c(=O)[nH]1. The van der Waals surface area contributed by atoms with Gasteiger partial charge in [-0.3, -0.25) is 14.4 Å². The number of fused-ring (bicyclic) bond motifs is 2. The van der Waals surface area contributed by atoms with E-state index in [1.807, 2.05) is 60.9 Å². The van der Waals surface area contributed by atoms with Gasteiger partial charge in [-0.2, -0.15) is 0 Å². The molecule has 0 unspecified atom stereocenters. The van der Waals surface area contributed by atoms with Crippen molar-refractivity contribution in [2.75, 3.05) is 0 Å². The maximum Gasteiger partial charge on any atom is 0.253 e. The zero-order valence-electron chi connectivity index (χ0n) is 16.3. The molecule has 4 aromatic rings. The third-order valence-corrected chi connectivity index (χ3v) is 5.14. The first-order valence-electron chi connectivity index (χ1n) is 9.42. The second kappa shape index (κ2) is 7.39. The molecule has 0 aliphatic heterocycles. The maximum absolute atomic E-state index is 12.8. The standard InChI is InChI=1S/C23H21N3O3/c1-14-11-15(2)25-23(29)18(14)12-24-21(27)13-26-19-9-5-3-7-16(19)22(28)17-8-4-6-10-20(17)26/h3-11H,12-13H2,1-2H3,(H,24,27)(H,25,29). The van der Waals surface area contributed by atoms with E-state index >= 15 is 0 Å². The van der Waals surface area contributed by atoms with Gasteiger partial charge in [-0.1, -0.05) is 24.3 Å². The molecule has 146 valence electrons. The summed E-state index contributed by atoms with van der Waals surface area (Å²) in [6, 6.07) is 16.4. The Balaban J connectivity index is 1.69. The monoisotopic (exact) mass is 387 g/mol. The van der Waals surface area contributed by atoms with Crippen LogP contribution in [0.15, 0.2) is 64.2 Å². The number of carbonyl (C=O) groups is 1. The molecule has 0 aliphatic rings. The van der Waals surface area contributed by atoms with Crippen molar-refractivity contribution in [1.82, 2.24) is 14.9 Å². The van der Waals surface area contributed by atoms with Gasteiger partial charge in [0.1, 0.15) is 6.54 Å². The van der Waals surface area contributed by atoms with Crippen molar-refractivity contribution in [2.24, 2.45) is 0 Å². The van der Waals surface area contributed by atoms with Gasteiger partial charge < -0.3 is 14.9 Å². The third kappa shape index (κ3) is 3.45. The molecule has 4 rings (SSSR count). The van der Waals surface area contributed by atoms with Gasteiger partial charge in [0.2, 0.25) is 5.91 Å². The van der Waals surface area contributed by atoms with Crippen LogP contribution in [0.5, 0.6) is 0 Å². The zero-order valence-corrected chi connectivity index (χ0v) is 16.3. The van der Waals surface area contributed by atoms with Crippen LogP contribution in [0.4, 0.5) is 0 Å². The van der Waals surface area contributed by atoms with E-state index in [4.69, 9.17) is 0 Å². The first-order valence-corrected chi connectivity index (χ1v) is 9.42. The fraction of sp³-hybridized carbons (Fsp3) is 0.174. The molecule has 0 saturated heterocycles. The van der Waals surface area contributed by atoms with Crippen LogP contribution in [0.3, 0.4) is 0 Å². The fourth-order valence-electron chi connectivity index (χ4n) is 3.73. The summed E-state index contributed by atoms with van der Waals surface area (Å²) in [7, 11) is 0. The average molecular weight is 387 g/mol. The lowest BCUT2D eigenvalue weighted by molar-refractivity contribution is -0.121. The molecule has 6 heteroatoms. The van der Waals surface area contributed by atoms with Crippen LogP contribution < -0.4 is 16.3 Å². The van der Waals surface area contributed by atoms with Crippen LogP contribution in [0.2, 0.25) is 0 Å². The van der Waals surface area contributed by atoms with Gasteiger partial charge in [-0.05, 0) is 49.7 Å². The van der Waals surface area contributed by atoms with Crippen molar-refractivity contribution in [1.29, 1.82) is 0 Å². The number of aromatic nitrogens is 2. The summed E-state index contributed by atoms with van der Waals surface area (Å²) in [5, 5.41) is 3.98. The van der Waals surface area contributed by atoms with Gasteiger partial charge >= 0.3 is 0 Å². The lowest BCUT2D eigenvalue weighted by Crippen LogP contribution is -2.31. The predicted molar refractivity (Wildman–Crippen MR) is 114 cm³/mol. The quantitative estimate of drug-likeness (QED) is 0.528. The highest BCUT2D eigenvalue weighted by Crippen LogP contribution is 2.19. The van der Waals surface area contributed by atoms with Crippen LogP contribution in [0, 0.1) is 13.8 Å². The number of nitrogens with zero attached hydrogens (tertiary/aromatic N) is 1. The Kier molecular flexibility index (Phi) is 4.76. The molecule has 0 atom stereocenters. The van der Waals surface area contributed by atoms with Crippen LogP contribution in [0.25, 0.3) is 21.8 Å². The minimum Gasteiger partial charge on any atom is -0.350 e. The number of nitrogens with one attached hydrogen (secondary N) is 2. The molecule has 2 heterocycles. The second-order valence-electron chi connectivity index (χ2n) is 7.17. The molecule has 29 heavy (non-hydrogen) atoms. The summed E-state index contributed by atoms with van der Waals surface area (Å²) in [4.78, 5) is 40.4. The number of aromatic amines is 1. The number of carbonyl (C=O) groups excluding carboxylic acids is 1. The summed E-state index contributed by atoms with van der Waals surface area (Å²) < 4.78 is 1.84. The van der Waals surface area contributed by atoms with Gasteiger partial charge in [-0.25, -0.2) is 0 Å². The number of para-hydroxylation sites is 2. The Hall–Kier alpha value is -3.67. The highest BCUT2D eigenvalue weighted by atomic mass is 16.2. The van der Waals surface area contributed by atoms with E-state index in [0.29, 0.717) is 27.4 Å². The molecule has 2 aromatic carbocycles. The summed E-state index contributed by atoms with van der Waals surface area (Å²) in [6.07, 6.45) is 0. The highest BCUT2D eigenvalue weighted by Gasteiger charge is 2.13. The zero-order chi connectivity index (χ0) is 20.5. The molecule has 0 spiro atoms. The number of rotatable bonds is 4. The van der Waals surface area contributed by atoms with Crippen molar-refractivity contribution in [3.8, 4) is 0 Å². The molecule has 0 fully saturated rings. The van der Waals surface area contributed by atoms with Crippen molar-refractivity contribution in [3.63, 3.8) is 0 Å². The van der Waals surface area contributed by atoms with E-state index in [2.05, 4.69) is 10.3 Å². The van der Waals surface area contributed by atoms with E-state index in [-0.39, 0.29) is 30.0 Å². The second-order valence-corrected chi connectivity index (χ2v) is 7.17. The highest BCUT2D eigenvalue weighted by molar-refractivity contribution is 5.94. The molecule has 0 radical (unpaired) electrons. The van der Waals surface area contributed by atoms with Gasteiger partial charge in [0.25, 0.3) is 5.56 Å². The normalized spacial score (nSPS) is 11.1. The van der Waals surface area contributed by atoms with E-state index in [1.54, 1.807) is 12.1 Å². The lowest BCUT2D eigenvalue weighted by Gasteiger charge is -2.15. The predicted octanol–water partition coefficient (Wildman–Crippen LogP) is 2.78. The van der Waals surface area contributed by atoms with E-state index < -0.39 is 0 Å². The number of aryl methyl sites for hydroxylation is 2. The van der Waals surface area contributed by atoms with Gasteiger partial charge in [-0.15, -0.1) is 0 Å². The van der Waals surface area contributed by atoms with Gasteiger partial charge in [0, 0.05) is 28.6 Å². The van der Waals surface area contributed by atoms with Gasteiger partial charge in [0.05, 0.1) is 11.0 Å². The van der Waals surface area contributed by atoms with E-state index in [9.17, 15) is 14.4 Å². The van der Waals surface area contributed by atoms with Crippen molar-refractivity contribution in [3.05, 3.63) is 92.0 Å². The molecule has 6 nitrogen and oxygen atoms in total. The number of H-pyrrole nitrogens is 1. The largest absolute Gasteiger partial charge is 0.350 e. The lowest BCUT2D eigenvalue weighted by atomic mass is 10.1. The molecule has 0 saturated carbocycles. The third-order valence-electron chi connectivity index (χ3n) is 5.14. The number of pyridine rings is 2. The number of hydrogen-bond acceptors (Lipinski definition) is 3. The van der Waals surface area contributed by atoms with Crippen molar-refractivity contribution < 1.29 is 4.79 Å². The summed E-state index contributed by atoms with van der Waals surface area (Å²) >= 11 is 0. The fourth-order valence-corrected chi connectivity index (χ4v) is 3.73.